The van der Waals surface area contributed by atoms with Crippen LogP contribution in [0.5, 0.6) is 0 Å². The molecule has 112 valence electrons. The average Bonchev–Trinajstić information content (AvgIpc) is 2.32. The van der Waals surface area contributed by atoms with E-state index < -0.39 is 0 Å². The van der Waals surface area contributed by atoms with Crippen LogP contribution in [0.3, 0.4) is 0 Å². The molecule has 2 unspecified atom stereocenters. The second-order valence-corrected chi connectivity index (χ2v) is 5.62. The number of anilines is 2. The molecule has 3 N–H and O–H groups in total. The number of nitrogens with two attached hydrogens (primary N) is 1. The molecule has 0 aromatic carbocycles. The van der Waals surface area contributed by atoms with Crippen LogP contribution in [0.25, 0.3) is 0 Å². The molecule has 2 heterocycles. The van der Waals surface area contributed by atoms with Gasteiger partial charge in [0.25, 0.3) is 0 Å². The second kappa shape index (κ2) is 7.06. The molecule has 2 rings (SSSR count). The number of nitrogens with one attached hydrogen (secondary N) is 1. The van der Waals surface area contributed by atoms with Crippen LogP contribution in [0.1, 0.15) is 20.3 Å². The van der Waals surface area contributed by atoms with E-state index in [0.29, 0.717) is 23.2 Å². The highest BCUT2D eigenvalue weighted by Crippen LogP contribution is 2.13. The van der Waals surface area contributed by atoms with Gasteiger partial charge in [-0.2, -0.15) is 4.98 Å². The van der Waals surface area contributed by atoms with Gasteiger partial charge in [0.1, 0.15) is 11.0 Å². The fraction of sp³-hybridized carbons (Fsp3) is 0.692. The van der Waals surface area contributed by atoms with Gasteiger partial charge in [-0.3, -0.25) is 4.90 Å². The monoisotopic (exact) mass is 299 g/mol. The highest BCUT2D eigenvalue weighted by Gasteiger charge is 2.21. The van der Waals surface area contributed by atoms with Crippen molar-refractivity contribution in [2.75, 3.05) is 37.2 Å². The van der Waals surface area contributed by atoms with Gasteiger partial charge >= 0.3 is 0 Å². The molecule has 0 radical (unpaired) electrons. The average molecular weight is 300 g/mol. The zero-order chi connectivity index (χ0) is 14.5. The van der Waals surface area contributed by atoms with E-state index in [2.05, 4.69) is 34.0 Å². The minimum Gasteiger partial charge on any atom is -0.373 e. The fourth-order valence-electron chi connectivity index (χ4n) is 2.51. The molecule has 1 aromatic heterocycles. The molecule has 6 nitrogen and oxygen atoms in total. The van der Waals surface area contributed by atoms with E-state index in [1.165, 1.54) is 0 Å². The van der Waals surface area contributed by atoms with Crippen molar-refractivity contribution in [3.63, 3.8) is 0 Å². The molecule has 0 aliphatic carbocycles. The maximum atomic E-state index is 5.82. The molecular formula is C13H22ClN5O. The van der Waals surface area contributed by atoms with Crippen molar-refractivity contribution < 1.29 is 4.74 Å². The van der Waals surface area contributed by atoms with E-state index in [9.17, 15) is 0 Å². The number of nitrogen functional groups attached to an aromatic ring is 1. The summed E-state index contributed by atoms with van der Waals surface area (Å²) >= 11 is 5.82. The van der Waals surface area contributed by atoms with Crippen LogP contribution < -0.4 is 11.1 Å². The Kier molecular flexibility index (Phi) is 5.39. The third kappa shape index (κ3) is 4.77. The van der Waals surface area contributed by atoms with Gasteiger partial charge in [-0.15, -0.1) is 0 Å². The first-order chi connectivity index (χ1) is 9.52. The third-order valence-corrected chi connectivity index (χ3v) is 3.36. The minimum absolute atomic E-state index is 0.191. The van der Waals surface area contributed by atoms with Gasteiger partial charge in [0.2, 0.25) is 5.95 Å². The smallest absolute Gasteiger partial charge is 0.223 e. The summed E-state index contributed by atoms with van der Waals surface area (Å²) in [6.07, 6.45) is 1.65. The molecule has 20 heavy (non-hydrogen) atoms. The standard InChI is InChI=1S/C13H22ClN5O/c1-9-7-19(8-10(2)20-9)5-3-4-16-12-6-11(14)17-13(15)18-12/h6,9-10H,3-5,7-8H2,1-2H3,(H3,15,16,17,18). The third-order valence-electron chi connectivity index (χ3n) is 3.16. The molecule has 0 spiro atoms. The Bertz CT molecular complexity index is 415. The van der Waals surface area contributed by atoms with Crippen LogP contribution in [-0.4, -0.2) is 53.3 Å². The molecule has 0 saturated carbocycles. The molecule has 0 amide bonds. The van der Waals surface area contributed by atoms with Gasteiger partial charge in [0, 0.05) is 32.2 Å². The Morgan fingerprint density at radius 2 is 2.10 bits per heavy atom. The number of halogens is 1. The lowest BCUT2D eigenvalue weighted by Gasteiger charge is -2.35. The number of hydrogen-bond donors (Lipinski definition) is 2. The van der Waals surface area contributed by atoms with Crippen LogP contribution in [0.4, 0.5) is 11.8 Å². The van der Waals surface area contributed by atoms with Gasteiger partial charge in [-0.05, 0) is 20.3 Å². The van der Waals surface area contributed by atoms with Gasteiger partial charge in [0.05, 0.1) is 12.2 Å². The summed E-state index contributed by atoms with van der Waals surface area (Å²) in [5.74, 6) is 0.863. The largest absolute Gasteiger partial charge is 0.373 e. The maximum absolute atomic E-state index is 5.82. The molecule has 1 aliphatic heterocycles. The summed E-state index contributed by atoms with van der Waals surface area (Å²) in [5.41, 5.74) is 5.54. The topological polar surface area (TPSA) is 76.3 Å². The first-order valence-corrected chi connectivity index (χ1v) is 7.32. The summed E-state index contributed by atoms with van der Waals surface area (Å²) in [6.45, 7) is 8.10. The van der Waals surface area contributed by atoms with Crippen LogP contribution in [0, 0.1) is 0 Å². The normalized spacial score (nSPS) is 23.8. The summed E-state index contributed by atoms with van der Waals surface area (Å²) in [6, 6.07) is 1.68. The van der Waals surface area contributed by atoms with Crippen molar-refractivity contribution >= 4 is 23.4 Å². The number of aromatic nitrogens is 2. The Balaban J connectivity index is 1.71. The second-order valence-electron chi connectivity index (χ2n) is 5.23. The predicted octanol–water partition coefficient (Wildman–Crippen LogP) is 1.62. The zero-order valence-electron chi connectivity index (χ0n) is 12.0. The van der Waals surface area contributed by atoms with Crippen molar-refractivity contribution in [1.82, 2.24) is 14.9 Å². The molecule has 1 aromatic rings. The van der Waals surface area contributed by atoms with Crippen molar-refractivity contribution in [2.45, 2.75) is 32.5 Å². The van der Waals surface area contributed by atoms with Crippen LogP contribution in [0.2, 0.25) is 5.15 Å². The first-order valence-electron chi connectivity index (χ1n) is 6.94. The number of nitrogens with zero attached hydrogens (tertiary/aromatic N) is 3. The highest BCUT2D eigenvalue weighted by atomic mass is 35.5. The van der Waals surface area contributed by atoms with Crippen molar-refractivity contribution in [3.8, 4) is 0 Å². The molecule has 7 heteroatoms. The number of rotatable bonds is 5. The Labute approximate surface area is 124 Å². The molecule has 2 atom stereocenters. The summed E-state index contributed by atoms with van der Waals surface area (Å²) in [7, 11) is 0. The maximum Gasteiger partial charge on any atom is 0.223 e. The zero-order valence-corrected chi connectivity index (χ0v) is 12.7. The Hall–Kier alpha value is -1.11. The predicted molar refractivity (Wildman–Crippen MR) is 81.0 cm³/mol. The quantitative estimate of drug-likeness (QED) is 0.636. The van der Waals surface area contributed by atoms with Crippen molar-refractivity contribution in [1.29, 1.82) is 0 Å². The first kappa shape index (κ1) is 15.3. The van der Waals surface area contributed by atoms with Crippen molar-refractivity contribution in [3.05, 3.63) is 11.2 Å². The molecule has 1 saturated heterocycles. The fourth-order valence-corrected chi connectivity index (χ4v) is 2.70. The molecule has 0 bridgehead atoms. The van der Waals surface area contributed by atoms with E-state index >= 15 is 0 Å². The van der Waals surface area contributed by atoms with E-state index in [-0.39, 0.29) is 5.95 Å². The van der Waals surface area contributed by atoms with Crippen LogP contribution in [-0.2, 0) is 4.74 Å². The summed E-state index contributed by atoms with van der Waals surface area (Å²) in [5, 5.41) is 3.57. The lowest BCUT2D eigenvalue weighted by Crippen LogP contribution is -2.45. The molecular weight excluding hydrogens is 278 g/mol. The van der Waals surface area contributed by atoms with Gasteiger partial charge in [-0.25, -0.2) is 4.98 Å². The van der Waals surface area contributed by atoms with Gasteiger partial charge in [-0.1, -0.05) is 11.6 Å². The SMILES string of the molecule is CC1CN(CCCNc2cc(Cl)nc(N)n2)CC(C)O1. The number of morpholine rings is 1. The van der Waals surface area contributed by atoms with E-state index in [1.54, 1.807) is 6.07 Å². The molecule has 1 aliphatic rings. The summed E-state index contributed by atoms with van der Waals surface area (Å²) < 4.78 is 5.72. The van der Waals surface area contributed by atoms with E-state index in [0.717, 1.165) is 32.6 Å². The van der Waals surface area contributed by atoms with Gasteiger partial charge in [0.15, 0.2) is 0 Å². The highest BCUT2D eigenvalue weighted by molar-refractivity contribution is 6.29. The number of ether oxygens (including phenoxy) is 1. The van der Waals surface area contributed by atoms with Crippen LogP contribution >= 0.6 is 11.6 Å². The van der Waals surface area contributed by atoms with Crippen LogP contribution in [0.15, 0.2) is 6.07 Å². The van der Waals surface area contributed by atoms with Crippen molar-refractivity contribution in [2.24, 2.45) is 0 Å². The Morgan fingerprint density at radius 3 is 2.75 bits per heavy atom. The van der Waals surface area contributed by atoms with E-state index in [1.807, 2.05) is 0 Å². The van der Waals surface area contributed by atoms with Gasteiger partial charge < -0.3 is 15.8 Å². The number of hydrogen-bond acceptors (Lipinski definition) is 6. The van der Waals surface area contributed by atoms with E-state index in [4.69, 9.17) is 22.1 Å². The summed E-state index contributed by atoms with van der Waals surface area (Å²) in [4.78, 5) is 10.3. The lowest BCUT2D eigenvalue weighted by molar-refractivity contribution is -0.0678. The lowest BCUT2D eigenvalue weighted by atomic mass is 10.2. The molecule has 1 fully saturated rings. The Morgan fingerprint density at radius 1 is 1.40 bits per heavy atom. The minimum atomic E-state index is 0.191.